The Morgan fingerprint density at radius 3 is 2.48 bits per heavy atom. The Balaban J connectivity index is 1.64. The largest absolute Gasteiger partial charge is 0.355 e. The third-order valence-corrected chi connectivity index (χ3v) is 5.94. The van der Waals surface area contributed by atoms with Crippen LogP contribution in [0.5, 0.6) is 0 Å². The summed E-state index contributed by atoms with van der Waals surface area (Å²) >= 11 is 0. The van der Waals surface area contributed by atoms with Crippen LogP contribution in [0.3, 0.4) is 0 Å². The lowest BCUT2D eigenvalue weighted by Crippen LogP contribution is -2.48. The fourth-order valence-corrected chi connectivity index (χ4v) is 4.22. The van der Waals surface area contributed by atoms with E-state index >= 15 is 0 Å². The lowest BCUT2D eigenvalue weighted by atomic mass is 9.96. The van der Waals surface area contributed by atoms with E-state index in [1.807, 2.05) is 0 Å². The van der Waals surface area contributed by atoms with Gasteiger partial charge in [-0.05, 0) is 12.8 Å². The van der Waals surface area contributed by atoms with E-state index in [1.165, 1.54) is 32.1 Å². The molecule has 2 rings (SSSR count). The normalized spacial score (nSPS) is 24.7. The fraction of sp³-hybridized carbons (Fsp3) is 0.929. The van der Waals surface area contributed by atoms with E-state index in [1.54, 1.807) is 7.05 Å². The molecule has 2 N–H and O–H groups in total. The van der Waals surface area contributed by atoms with Gasteiger partial charge in [0.15, 0.2) is 15.8 Å². The minimum Gasteiger partial charge on any atom is -0.355 e. The van der Waals surface area contributed by atoms with Crippen molar-refractivity contribution in [2.24, 2.45) is 4.99 Å². The Kier molecular flexibility index (Phi) is 6.29. The molecule has 0 spiro atoms. The van der Waals surface area contributed by atoms with Gasteiger partial charge in [-0.25, -0.2) is 8.42 Å². The molecule has 0 radical (unpaired) electrons. The first kappa shape index (κ1) is 16.5. The van der Waals surface area contributed by atoms with Crippen molar-refractivity contribution >= 4 is 15.8 Å². The molecule has 7 heteroatoms. The standard InChI is InChI=1S/C14H28N4O2S/c1-15-14(17-13-5-3-2-4-6-13)16-7-8-18-9-11-21(19,20)12-10-18/h13H,2-12H2,1H3,(H2,15,16,17). The van der Waals surface area contributed by atoms with Gasteiger partial charge in [-0.3, -0.25) is 9.89 Å². The van der Waals surface area contributed by atoms with Gasteiger partial charge in [0.1, 0.15) is 0 Å². The maximum atomic E-state index is 11.4. The van der Waals surface area contributed by atoms with Crippen LogP contribution >= 0.6 is 0 Å². The molecule has 2 fully saturated rings. The van der Waals surface area contributed by atoms with Crippen molar-refractivity contribution in [1.82, 2.24) is 15.5 Å². The van der Waals surface area contributed by atoms with Crippen LogP contribution in [-0.4, -0.2) is 70.1 Å². The summed E-state index contributed by atoms with van der Waals surface area (Å²) in [5, 5.41) is 6.81. The van der Waals surface area contributed by atoms with Crippen LogP contribution in [0.15, 0.2) is 4.99 Å². The molecule has 0 bridgehead atoms. The Morgan fingerprint density at radius 2 is 1.86 bits per heavy atom. The third kappa shape index (κ3) is 5.82. The van der Waals surface area contributed by atoms with E-state index in [0.29, 0.717) is 30.6 Å². The van der Waals surface area contributed by atoms with Gasteiger partial charge in [-0.2, -0.15) is 0 Å². The summed E-state index contributed by atoms with van der Waals surface area (Å²) in [6.07, 6.45) is 6.41. The number of aliphatic imine (C=N–C) groups is 1. The van der Waals surface area contributed by atoms with Gasteiger partial charge in [0.05, 0.1) is 11.5 Å². The van der Waals surface area contributed by atoms with E-state index in [-0.39, 0.29) is 0 Å². The summed E-state index contributed by atoms with van der Waals surface area (Å²) in [6.45, 7) is 2.96. The van der Waals surface area contributed by atoms with Crippen LogP contribution in [0.2, 0.25) is 0 Å². The zero-order valence-electron chi connectivity index (χ0n) is 13.0. The van der Waals surface area contributed by atoms with Crippen molar-refractivity contribution in [1.29, 1.82) is 0 Å². The Hall–Kier alpha value is -0.820. The zero-order valence-corrected chi connectivity index (χ0v) is 13.8. The van der Waals surface area contributed by atoms with Gasteiger partial charge in [-0.15, -0.1) is 0 Å². The number of hydrogen-bond acceptors (Lipinski definition) is 4. The Labute approximate surface area is 128 Å². The molecule has 1 heterocycles. The minimum absolute atomic E-state index is 0.294. The second-order valence-electron chi connectivity index (χ2n) is 5.97. The first-order valence-corrected chi connectivity index (χ1v) is 9.81. The lowest BCUT2D eigenvalue weighted by molar-refractivity contribution is 0.299. The summed E-state index contributed by atoms with van der Waals surface area (Å²) < 4.78 is 22.7. The molecule has 122 valence electrons. The molecule has 1 saturated heterocycles. The topological polar surface area (TPSA) is 73.8 Å². The van der Waals surface area contributed by atoms with Gasteiger partial charge in [0.25, 0.3) is 0 Å². The summed E-state index contributed by atoms with van der Waals surface area (Å²) in [5.74, 6) is 1.45. The molecule has 0 aromatic rings. The number of nitrogens with zero attached hydrogens (tertiary/aromatic N) is 2. The third-order valence-electron chi connectivity index (χ3n) is 4.33. The molecule has 2 aliphatic rings. The van der Waals surface area contributed by atoms with Crippen molar-refractivity contribution in [3.63, 3.8) is 0 Å². The summed E-state index contributed by atoms with van der Waals surface area (Å²) in [5.41, 5.74) is 0. The van der Waals surface area contributed by atoms with Crippen LogP contribution in [0.1, 0.15) is 32.1 Å². The molecular weight excluding hydrogens is 288 g/mol. The number of hydrogen-bond donors (Lipinski definition) is 2. The van der Waals surface area contributed by atoms with Crippen LogP contribution in [0, 0.1) is 0 Å². The van der Waals surface area contributed by atoms with Gasteiger partial charge < -0.3 is 10.6 Å². The van der Waals surface area contributed by atoms with Crippen molar-refractivity contribution in [2.75, 3.05) is 44.7 Å². The van der Waals surface area contributed by atoms with Crippen molar-refractivity contribution in [3.8, 4) is 0 Å². The highest BCUT2D eigenvalue weighted by Crippen LogP contribution is 2.17. The van der Waals surface area contributed by atoms with Crippen LogP contribution in [0.25, 0.3) is 0 Å². The minimum atomic E-state index is -2.78. The van der Waals surface area contributed by atoms with Gasteiger partial charge in [-0.1, -0.05) is 19.3 Å². The molecule has 0 unspecified atom stereocenters. The van der Waals surface area contributed by atoms with Crippen molar-refractivity contribution in [2.45, 2.75) is 38.1 Å². The molecule has 1 saturated carbocycles. The van der Waals surface area contributed by atoms with E-state index in [4.69, 9.17) is 0 Å². The fourth-order valence-electron chi connectivity index (χ4n) is 2.94. The zero-order chi connectivity index (χ0) is 15.1. The first-order valence-electron chi connectivity index (χ1n) is 7.99. The van der Waals surface area contributed by atoms with E-state index < -0.39 is 9.84 Å². The monoisotopic (exact) mass is 316 g/mol. The molecule has 0 amide bonds. The van der Waals surface area contributed by atoms with E-state index in [9.17, 15) is 8.42 Å². The van der Waals surface area contributed by atoms with E-state index in [0.717, 1.165) is 19.0 Å². The van der Waals surface area contributed by atoms with Gasteiger partial charge in [0.2, 0.25) is 0 Å². The summed E-state index contributed by atoms with van der Waals surface area (Å²) in [7, 11) is -0.982. The molecule has 1 aliphatic carbocycles. The van der Waals surface area contributed by atoms with Crippen LogP contribution in [-0.2, 0) is 9.84 Å². The number of rotatable bonds is 4. The van der Waals surface area contributed by atoms with Crippen LogP contribution in [0.4, 0.5) is 0 Å². The predicted octanol–water partition coefficient (Wildman–Crippen LogP) is 0.215. The maximum absolute atomic E-state index is 11.4. The Bertz CT molecular complexity index is 430. The molecule has 6 nitrogen and oxygen atoms in total. The number of nitrogens with one attached hydrogen (secondary N) is 2. The Morgan fingerprint density at radius 1 is 1.19 bits per heavy atom. The van der Waals surface area contributed by atoms with Gasteiger partial charge in [0, 0.05) is 39.3 Å². The second-order valence-corrected chi connectivity index (χ2v) is 8.28. The molecule has 0 atom stereocenters. The number of sulfone groups is 1. The molecule has 21 heavy (non-hydrogen) atoms. The highest BCUT2D eigenvalue weighted by atomic mass is 32.2. The highest BCUT2D eigenvalue weighted by Gasteiger charge is 2.21. The lowest BCUT2D eigenvalue weighted by Gasteiger charge is -2.28. The first-order chi connectivity index (χ1) is 10.1. The quantitative estimate of drug-likeness (QED) is 0.573. The highest BCUT2D eigenvalue weighted by molar-refractivity contribution is 7.91. The van der Waals surface area contributed by atoms with Crippen LogP contribution < -0.4 is 10.6 Å². The average molecular weight is 316 g/mol. The summed E-state index contributed by atoms with van der Waals surface area (Å²) in [4.78, 5) is 6.46. The van der Waals surface area contributed by atoms with Crippen molar-refractivity contribution in [3.05, 3.63) is 0 Å². The molecule has 0 aromatic carbocycles. The SMILES string of the molecule is CN=C(NCCN1CCS(=O)(=O)CC1)NC1CCCCC1. The average Bonchev–Trinajstić information content (AvgIpc) is 2.49. The molecule has 1 aliphatic heterocycles. The summed E-state index contributed by atoms with van der Waals surface area (Å²) in [6, 6.07) is 0.546. The van der Waals surface area contributed by atoms with Crippen molar-refractivity contribution < 1.29 is 8.42 Å². The van der Waals surface area contributed by atoms with E-state index in [2.05, 4.69) is 20.5 Å². The maximum Gasteiger partial charge on any atom is 0.191 e. The second kappa shape index (κ2) is 7.98. The number of guanidine groups is 1. The predicted molar refractivity (Wildman–Crippen MR) is 86.5 cm³/mol. The molecule has 0 aromatic heterocycles. The van der Waals surface area contributed by atoms with Gasteiger partial charge >= 0.3 is 0 Å². The molecular formula is C14H28N4O2S. The smallest absolute Gasteiger partial charge is 0.191 e.